The fraction of sp³-hybridized carbons (Fsp3) is 0.467. The molecule has 1 aliphatic heterocycles. The Labute approximate surface area is 137 Å². The molecule has 0 unspecified atom stereocenters. The van der Waals surface area contributed by atoms with Crippen molar-refractivity contribution in [3.63, 3.8) is 0 Å². The molecule has 4 nitrogen and oxygen atoms in total. The van der Waals surface area contributed by atoms with E-state index in [1.807, 2.05) is 23.1 Å². The summed E-state index contributed by atoms with van der Waals surface area (Å²) in [5.41, 5.74) is 1.70. The smallest absolute Gasteiger partial charge is 0.252 e. The van der Waals surface area contributed by atoms with E-state index in [1.165, 1.54) is 11.3 Å². The highest BCUT2D eigenvalue weighted by atomic mass is 32.1. The van der Waals surface area contributed by atoms with Gasteiger partial charge in [0.25, 0.3) is 5.91 Å². The van der Waals surface area contributed by atoms with Crippen LogP contribution in [0.3, 0.4) is 0 Å². The predicted octanol–water partition coefficient (Wildman–Crippen LogP) is 2.86. The van der Waals surface area contributed by atoms with E-state index in [0.717, 1.165) is 10.6 Å². The Kier molecular flexibility index (Phi) is 4.85. The van der Waals surface area contributed by atoms with E-state index in [2.05, 4.69) is 15.2 Å². The van der Waals surface area contributed by atoms with Crippen molar-refractivity contribution in [1.82, 2.24) is 15.2 Å². The van der Waals surface area contributed by atoms with Crippen LogP contribution < -0.4 is 5.32 Å². The maximum atomic E-state index is 13.7. The van der Waals surface area contributed by atoms with E-state index in [0.29, 0.717) is 31.6 Å². The first-order valence-electron chi connectivity index (χ1n) is 7.21. The number of amides is 1. The number of aryl methyl sites for hydroxylation is 1. The fourth-order valence-corrected chi connectivity index (χ4v) is 4.20. The number of thiophene rings is 1. The number of hydrogen-bond acceptors (Lipinski definition) is 5. The monoisotopic (exact) mass is 339 g/mol. The first-order chi connectivity index (χ1) is 10.6. The first kappa shape index (κ1) is 15.6. The van der Waals surface area contributed by atoms with Gasteiger partial charge in [-0.25, -0.2) is 9.37 Å². The zero-order valence-electron chi connectivity index (χ0n) is 12.3. The molecule has 1 amide bonds. The lowest BCUT2D eigenvalue weighted by Crippen LogP contribution is -2.39. The van der Waals surface area contributed by atoms with Gasteiger partial charge in [0.2, 0.25) is 0 Å². The van der Waals surface area contributed by atoms with Gasteiger partial charge in [0.15, 0.2) is 0 Å². The summed E-state index contributed by atoms with van der Waals surface area (Å²) in [5.74, 6) is -0.0738. The van der Waals surface area contributed by atoms with Crippen molar-refractivity contribution in [3.05, 3.63) is 38.5 Å². The number of nitrogens with zero attached hydrogens (tertiary/aromatic N) is 2. The Hall–Kier alpha value is -1.31. The maximum Gasteiger partial charge on any atom is 0.252 e. The Morgan fingerprint density at radius 1 is 1.55 bits per heavy atom. The summed E-state index contributed by atoms with van der Waals surface area (Å²) in [6.07, 6.45) is 1.40. The quantitative estimate of drug-likeness (QED) is 0.911. The van der Waals surface area contributed by atoms with E-state index in [4.69, 9.17) is 0 Å². The Balaban J connectivity index is 1.58. The molecular formula is C15H18FN3OS2. The average molecular weight is 339 g/mol. The molecule has 3 rings (SSSR count). The number of rotatable bonds is 5. The molecule has 2 aromatic rings. The van der Waals surface area contributed by atoms with Gasteiger partial charge in [0.1, 0.15) is 11.2 Å². The lowest BCUT2D eigenvalue weighted by Gasteiger charge is -2.23. The molecule has 118 valence electrons. The second-order valence-corrected chi connectivity index (χ2v) is 7.24. The second-order valence-electron chi connectivity index (χ2n) is 5.52. The van der Waals surface area contributed by atoms with Crippen LogP contribution in [0.2, 0.25) is 0 Å². The van der Waals surface area contributed by atoms with Crippen LogP contribution in [-0.4, -0.2) is 41.1 Å². The molecule has 1 N–H and O–H groups in total. The number of carbonyl (C=O) groups excluding carboxylic acids is 1. The van der Waals surface area contributed by atoms with Crippen molar-refractivity contribution in [2.75, 3.05) is 13.1 Å². The van der Waals surface area contributed by atoms with Crippen molar-refractivity contribution in [2.45, 2.75) is 32.1 Å². The Morgan fingerprint density at radius 3 is 3.09 bits per heavy atom. The van der Waals surface area contributed by atoms with Crippen LogP contribution in [0.25, 0.3) is 0 Å². The summed E-state index contributed by atoms with van der Waals surface area (Å²) in [5, 5.41) is 9.66. The summed E-state index contributed by atoms with van der Waals surface area (Å²) < 4.78 is 13.7. The number of aromatic nitrogens is 1. The Bertz CT molecular complexity index is 629. The van der Waals surface area contributed by atoms with Crippen LogP contribution >= 0.6 is 22.7 Å². The van der Waals surface area contributed by atoms with Crippen molar-refractivity contribution < 1.29 is 9.18 Å². The normalized spacial score (nSPS) is 22.1. The molecule has 0 aromatic carbocycles. The Morgan fingerprint density at radius 2 is 2.41 bits per heavy atom. The van der Waals surface area contributed by atoms with Crippen LogP contribution in [0, 0.1) is 6.92 Å². The third kappa shape index (κ3) is 3.53. The highest BCUT2D eigenvalue weighted by Crippen LogP contribution is 2.23. The zero-order chi connectivity index (χ0) is 15.5. The highest BCUT2D eigenvalue weighted by Gasteiger charge is 2.32. The summed E-state index contributed by atoms with van der Waals surface area (Å²) >= 11 is 3.09. The molecule has 7 heteroatoms. The standard InChI is InChI=1S/C15H18FN3OS2/c1-10-8-21-9-13(10)15(20)18-5-12-4-11(16)6-19(12)7-14-17-2-3-22-14/h2-3,8-9,11-12H,4-7H2,1H3,(H,18,20)/t11-,12-/m0/s1. The summed E-state index contributed by atoms with van der Waals surface area (Å²) in [6.45, 7) is 3.46. The molecule has 2 atom stereocenters. The van der Waals surface area contributed by atoms with Gasteiger partial charge in [-0.1, -0.05) is 0 Å². The molecule has 1 aliphatic rings. The lowest BCUT2D eigenvalue weighted by atomic mass is 10.2. The molecule has 0 bridgehead atoms. The van der Waals surface area contributed by atoms with Gasteiger partial charge < -0.3 is 5.32 Å². The van der Waals surface area contributed by atoms with Gasteiger partial charge in [-0.3, -0.25) is 9.69 Å². The molecule has 0 saturated carbocycles. The molecule has 0 radical (unpaired) electrons. The molecule has 1 saturated heterocycles. The molecule has 3 heterocycles. The second kappa shape index (κ2) is 6.85. The minimum absolute atomic E-state index is 0.0294. The van der Waals surface area contributed by atoms with Crippen molar-refractivity contribution in [2.24, 2.45) is 0 Å². The molecule has 0 spiro atoms. The number of halogens is 1. The van der Waals surface area contributed by atoms with Crippen molar-refractivity contribution >= 4 is 28.6 Å². The van der Waals surface area contributed by atoms with E-state index >= 15 is 0 Å². The van der Waals surface area contributed by atoms with Crippen LogP contribution in [0.1, 0.15) is 27.3 Å². The molecule has 22 heavy (non-hydrogen) atoms. The fourth-order valence-electron chi connectivity index (χ4n) is 2.73. The van der Waals surface area contributed by atoms with Crippen LogP contribution in [0.5, 0.6) is 0 Å². The van der Waals surface area contributed by atoms with Crippen LogP contribution in [0.15, 0.2) is 22.3 Å². The number of nitrogens with one attached hydrogen (secondary N) is 1. The molecular weight excluding hydrogens is 321 g/mol. The molecule has 0 aliphatic carbocycles. The lowest BCUT2D eigenvalue weighted by molar-refractivity contribution is 0.0939. The molecule has 2 aromatic heterocycles. The predicted molar refractivity (Wildman–Crippen MR) is 87.2 cm³/mol. The van der Waals surface area contributed by atoms with Crippen LogP contribution in [0.4, 0.5) is 4.39 Å². The van der Waals surface area contributed by atoms with E-state index in [1.54, 1.807) is 17.5 Å². The van der Waals surface area contributed by atoms with Crippen LogP contribution in [-0.2, 0) is 6.54 Å². The first-order valence-corrected chi connectivity index (χ1v) is 9.03. The van der Waals surface area contributed by atoms with E-state index in [9.17, 15) is 9.18 Å². The number of likely N-dealkylation sites (tertiary alicyclic amines) is 1. The largest absolute Gasteiger partial charge is 0.350 e. The van der Waals surface area contributed by atoms with Gasteiger partial charge in [0, 0.05) is 36.1 Å². The summed E-state index contributed by atoms with van der Waals surface area (Å²) in [7, 11) is 0. The van der Waals surface area contributed by atoms with E-state index < -0.39 is 6.17 Å². The van der Waals surface area contributed by atoms with Gasteiger partial charge in [-0.15, -0.1) is 11.3 Å². The SMILES string of the molecule is Cc1cscc1C(=O)NC[C@@H]1C[C@H](F)CN1Cc1nccs1. The average Bonchev–Trinajstić information content (AvgIpc) is 3.19. The van der Waals surface area contributed by atoms with Gasteiger partial charge in [-0.2, -0.15) is 11.3 Å². The minimum Gasteiger partial charge on any atom is -0.350 e. The van der Waals surface area contributed by atoms with Gasteiger partial charge >= 0.3 is 0 Å². The highest BCUT2D eigenvalue weighted by molar-refractivity contribution is 7.09. The summed E-state index contributed by atoms with van der Waals surface area (Å²) in [4.78, 5) is 18.5. The minimum atomic E-state index is -0.829. The van der Waals surface area contributed by atoms with Crippen molar-refractivity contribution in [3.8, 4) is 0 Å². The third-order valence-electron chi connectivity index (χ3n) is 3.90. The van der Waals surface area contributed by atoms with Gasteiger partial charge in [0.05, 0.1) is 12.1 Å². The number of alkyl halides is 1. The zero-order valence-corrected chi connectivity index (χ0v) is 13.9. The summed E-state index contributed by atoms with van der Waals surface area (Å²) in [6, 6.07) is 0.0294. The van der Waals surface area contributed by atoms with Crippen molar-refractivity contribution in [1.29, 1.82) is 0 Å². The molecule has 1 fully saturated rings. The topological polar surface area (TPSA) is 45.2 Å². The van der Waals surface area contributed by atoms with Gasteiger partial charge in [-0.05, 0) is 24.3 Å². The number of carbonyl (C=O) groups is 1. The van der Waals surface area contributed by atoms with E-state index in [-0.39, 0.29) is 11.9 Å². The maximum absolute atomic E-state index is 13.7. The third-order valence-corrected chi connectivity index (χ3v) is 5.52. The number of hydrogen-bond donors (Lipinski definition) is 1. The number of thiazole rings is 1.